The lowest BCUT2D eigenvalue weighted by Gasteiger charge is -2.01. The van der Waals surface area contributed by atoms with E-state index in [9.17, 15) is 10.1 Å². The third kappa shape index (κ3) is 9.28. The first kappa shape index (κ1) is 11.3. The molecule has 0 rings (SSSR count). The third-order valence-corrected chi connectivity index (χ3v) is 1.03. The van der Waals surface area contributed by atoms with Gasteiger partial charge >= 0.3 is 0 Å². The average Bonchev–Trinajstić information content (AvgIpc) is 2.02. The van der Waals surface area contributed by atoms with E-state index in [-0.39, 0.29) is 26.4 Å². The van der Waals surface area contributed by atoms with E-state index < -0.39 is 4.92 Å². The molecular weight excluding hydrogens is 166 g/mol. The van der Waals surface area contributed by atoms with E-state index in [1.54, 1.807) is 0 Å². The Bertz CT molecular complexity index is 119. The molecule has 0 aromatic heterocycles. The molecule has 6 nitrogen and oxygen atoms in total. The van der Waals surface area contributed by atoms with Gasteiger partial charge in [0.25, 0.3) is 0 Å². The lowest BCUT2D eigenvalue weighted by molar-refractivity contribution is -0.483. The number of aliphatic hydroxyl groups is 1. The highest BCUT2D eigenvalue weighted by Crippen LogP contribution is 1.78. The zero-order valence-corrected chi connectivity index (χ0v) is 6.77. The van der Waals surface area contributed by atoms with E-state index in [0.29, 0.717) is 13.2 Å². The van der Waals surface area contributed by atoms with Crippen LogP contribution >= 0.6 is 0 Å². The predicted octanol–water partition coefficient (Wildman–Crippen LogP) is -0.711. The second-order valence-corrected chi connectivity index (χ2v) is 2.00. The minimum atomic E-state index is -0.436. The maximum Gasteiger partial charge on any atom is 0.226 e. The molecule has 0 aliphatic heterocycles. The molecule has 0 saturated carbocycles. The van der Waals surface area contributed by atoms with E-state index in [0.717, 1.165) is 0 Å². The summed E-state index contributed by atoms with van der Waals surface area (Å²) in [5, 5.41) is 18.1. The van der Waals surface area contributed by atoms with Crippen molar-refractivity contribution in [3.63, 3.8) is 0 Å². The van der Waals surface area contributed by atoms with Gasteiger partial charge in [0.1, 0.15) is 6.61 Å². The molecule has 0 aromatic carbocycles. The molecule has 0 unspecified atom stereocenters. The largest absolute Gasteiger partial charge is 0.394 e. The Labute approximate surface area is 70.2 Å². The molecule has 0 spiro atoms. The summed E-state index contributed by atoms with van der Waals surface area (Å²) in [5.41, 5.74) is 0. The lowest BCUT2D eigenvalue weighted by atomic mass is 10.7. The summed E-state index contributed by atoms with van der Waals surface area (Å²) in [4.78, 5) is 9.36. The number of hydrogen-bond donors (Lipinski definition) is 1. The summed E-state index contributed by atoms with van der Waals surface area (Å²) in [6.45, 7) is 0.870. The van der Waals surface area contributed by atoms with Crippen LogP contribution in [0.1, 0.15) is 0 Å². The maximum absolute atomic E-state index is 9.80. The van der Waals surface area contributed by atoms with Crippen LogP contribution in [0.25, 0.3) is 0 Å². The molecule has 12 heavy (non-hydrogen) atoms. The minimum absolute atomic E-state index is 0.0190. The van der Waals surface area contributed by atoms with Gasteiger partial charge in [0.2, 0.25) is 6.54 Å². The van der Waals surface area contributed by atoms with Crippen molar-refractivity contribution in [2.45, 2.75) is 0 Å². The van der Waals surface area contributed by atoms with Crippen LogP contribution in [0.4, 0.5) is 0 Å². The molecule has 0 aromatic rings. The third-order valence-electron chi connectivity index (χ3n) is 1.03. The van der Waals surface area contributed by atoms with Gasteiger partial charge in [-0.05, 0) is 0 Å². The number of aliphatic hydroxyl groups excluding tert-OH is 1. The first-order chi connectivity index (χ1) is 5.77. The fraction of sp³-hybridized carbons (Fsp3) is 1.00. The van der Waals surface area contributed by atoms with Crippen molar-refractivity contribution in [1.82, 2.24) is 0 Å². The average molecular weight is 179 g/mol. The molecule has 0 atom stereocenters. The summed E-state index contributed by atoms with van der Waals surface area (Å²) in [5.74, 6) is 0. The van der Waals surface area contributed by atoms with Crippen molar-refractivity contribution in [2.24, 2.45) is 0 Å². The smallest absolute Gasteiger partial charge is 0.226 e. The van der Waals surface area contributed by atoms with Gasteiger partial charge in [-0.1, -0.05) is 0 Å². The Kier molecular flexibility index (Phi) is 7.87. The minimum Gasteiger partial charge on any atom is -0.394 e. The standard InChI is InChI=1S/C6H13NO5/c8-2-4-12-6-5-11-3-1-7(9)10/h8H,1-6H2. The Morgan fingerprint density at radius 2 is 1.75 bits per heavy atom. The second-order valence-electron chi connectivity index (χ2n) is 2.00. The molecule has 0 aliphatic carbocycles. The van der Waals surface area contributed by atoms with Gasteiger partial charge in [0.15, 0.2) is 0 Å². The molecular formula is C6H13NO5. The molecule has 0 amide bonds. The van der Waals surface area contributed by atoms with Gasteiger partial charge in [0.05, 0.1) is 26.4 Å². The van der Waals surface area contributed by atoms with Crippen LogP contribution in [-0.2, 0) is 9.47 Å². The maximum atomic E-state index is 9.80. The molecule has 0 fully saturated rings. The Hall–Kier alpha value is -0.720. The quantitative estimate of drug-likeness (QED) is 0.302. The topological polar surface area (TPSA) is 81.8 Å². The van der Waals surface area contributed by atoms with E-state index >= 15 is 0 Å². The fourth-order valence-electron chi connectivity index (χ4n) is 0.526. The highest BCUT2D eigenvalue weighted by atomic mass is 16.6. The first-order valence-electron chi connectivity index (χ1n) is 3.65. The Morgan fingerprint density at radius 3 is 2.25 bits per heavy atom. The van der Waals surface area contributed by atoms with Crippen molar-refractivity contribution in [3.05, 3.63) is 10.1 Å². The van der Waals surface area contributed by atoms with Gasteiger partial charge in [-0.25, -0.2) is 0 Å². The number of rotatable bonds is 8. The van der Waals surface area contributed by atoms with Crippen molar-refractivity contribution in [1.29, 1.82) is 0 Å². The molecule has 6 heteroatoms. The second kappa shape index (κ2) is 8.38. The molecule has 0 heterocycles. The van der Waals surface area contributed by atoms with Gasteiger partial charge in [0, 0.05) is 4.92 Å². The van der Waals surface area contributed by atoms with E-state index in [2.05, 4.69) is 0 Å². The Morgan fingerprint density at radius 1 is 1.17 bits per heavy atom. The van der Waals surface area contributed by atoms with Crippen LogP contribution in [0.2, 0.25) is 0 Å². The number of nitro groups is 1. The Balaban J connectivity index is 2.86. The van der Waals surface area contributed by atoms with Crippen molar-refractivity contribution in [2.75, 3.05) is 39.6 Å². The van der Waals surface area contributed by atoms with Crippen LogP contribution in [0.5, 0.6) is 0 Å². The molecule has 72 valence electrons. The SMILES string of the molecule is O=[N+]([O-])CCOCCOCCO. The highest BCUT2D eigenvalue weighted by molar-refractivity contribution is 4.31. The van der Waals surface area contributed by atoms with Crippen molar-refractivity contribution in [3.8, 4) is 0 Å². The number of hydrogen-bond acceptors (Lipinski definition) is 5. The van der Waals surface area contributed by atoms with Gasteiger partial charge in [-0.15, -0.1) is 0 Å². The van der Waals surface area contributed by atoms with Gasteiger partial charge in [-0.3, -0.25) is 10.1 Å². The van der Waals surface area contributed by atoms with Crippen LogP contribution in [0, 0.1) is 10.1 Å². The molecule has 0 saturated heterocycles. The lowest BCUT2D eigenvalue weighted by Crippen LogP contribution is -2.13. The summed E-state index contributed by atoms with van der Waals surface area (Å²) in [6.07, 6.45) is 0. The monoisotopic (exact) mass is 179 g/mol. The zero-order valence-electron chi connectivity index (χ0n) is 6.77. The summed E-state index contributed by atoms with van der Waals surface area (Å²) in [6, 6.07) is 0. The molecule has 1 N–H and O–H groups in total. The van der Waals surface area contributed by atoms with E-state index in [1.807, 2.05) is 0 Å². The molecule has 0 bridgehead atoms. The molecule has 0 radical (unpaired) electrons. The van der Waals surface area contributed by atoms with Crippen LogP contribution < -0.4 is 0 Å². The fourth-order valence-corrected chi connectivity index (χ4v) is 0.526. The molecule has 0 aliphatic rings. The zero-order chi connectivity index (χ0) is 9.23. The van der Waals surface area contributed by atoms with Crippen molar-refractivity contribution < 1.29 is 19.5 Å². The summed E-state index contributed by atoms with van der Waals surface area (Å²) < 4.78 is 9.69. The van der Waals surface area contributed by atoms with E-state index in [1.165, 1.54) is 0 Å². The van der Waals surface area contributed by atoms with Gasteiger partial charge < -0.3 is 14.6 Å². The number of nitrogens with zero attached hydrogens (tertiary/aromatic N) is 1. The predicted molar refractivity (Wildman–Crippen MR) is 40.6 cm³/mol. The summed E-state index contributed by atoms with van der Waals surface area (Å²) in [7, 11) is 0. The number of ether oxygens (including phenoxy) is 2. The van der Waals surface area contributed by atoms with Crippen LogP contribution in [0.3, 0.4) is 0 Å². The van der Waals surface area contributed by atoms with Gasteiger partial charge in [-0.2, -0.15) is 0 Å². The van der Waals surface area contributed by atoms with E-state index in [4.69, 9.17) is 14.6 Å². The van der Waals surface area contributed by atoms with Crippen LogP contribution in [-0.4, -0.2) is 49.6 Å². The summed E-state index contributed by atoms with van der Waals surface area (Å²) >= 11 is 0. The highest BCUT2D eigenvalue weighted by Gasteiger charge is 1.95. The van der Waals surface area contributed by atoms with Crippen LogP contribution in [0.15, 0.2) is 0 Å². The van der Waals surface area contributed by atoms with Crippen molar-refractivity contribution >= 4 is 0 Å². The normalized spacial score (nSPS) is 10.1. The first-order valence-corrected chi connectivity index (χ1v) is 3.65.